The van der Waals surface area contributed by atoms with Gasteiger partial charge in [0, 0.05) is 27.7 Å². The molecule has 0 amide bonds. The lowest BCUT2D eigenvalue weighted by Crippen LogP contribution is -2.28. The smallest absolute Gasteiger partial charge is 0.143 e. The fourth-order valence-electron chi connectivity index (χ4n) is 7.44. The number of fused-ring (bicyclic) bond motifs is 6. The largest absolute Gasteiger partial charge is 0.455 e. The second kappa shape index (κ2) is 10.1. The molecule has 0 saturated carbocycles. The maximum atomic E-state index is 6.43. The summed E-state index contributed by atoms with van der Waals surface area (Å²) in [4.78, 5) is 0. The highest BCUT2D eigenvalue weighted by molar-refractivity contribution is 6.11. The molecule has 2 nitrogen and oxygen atoms in total. The zero-order valence-corrected chi connectivity index (χ0v) is 24.6. The van der Waals surface area contributed by atoms with Crippen molar-refractivity contribution >= 4 is 33.3 Å². The second-order valence-electron chi connectivity index (χ2n) is 11.8. The Morgan fingerprint density at radius 1 is 0.422 bits per heavy atom. The van der Waals surface area contributed by atoms with E-state index in [2.05, 4.69) is 163 Å². The first-order valence-electron chi connectivity index (χ1n) is 15.4. The number of rotatable bonds is 5. The molecule has 0 spiro atoms. The number of furan rings is 1. The van der Waals surface area contributed by atoms with Crippen LogP contribution in [0.4, 0.5) is 11.4 Å². The van der Waals surface area contributed by atoms with Crippen LogP contribution in [0, 0.1) is 0 Å². The Hall–Kier alpha value is -5.86. The molecule has 45 heavy (non-hydrogen) atoms. The van der Waals surface area contributed by atoms with Gasteiger partial charge in [0.15, 0.2) is 0 Å². The van der Waals surface area contributed by atoms with Crippen molar-refractivity contribution < 1.29 is 4.42 Å². The van der Waals surface area contributed by atoms with E-state index in [1.165, 1.54) is 33.4 Å². The summed E-state index contributed by atoms with van der Waals surface area (Å²) < 4.78 is 6.43. The predicted octanol–water partition coefficient (Wildman–Crippen LogP) is 11.4. The van der Waals surface area contributed by atoms with Crippen LogP contribution in [0.15, 0.2) is 174 Å². The lowest BCUT2D eigenvalue weighted by Gasteiger charge is -2.34. The van der Waals surface area contributed by atoms with Crippen LogP contribution in [0.1, 0.15) is 22.3 Å². The van der Waals surface area contributed by atoms with Crippen LogP contribution in [0.5, 0.6) is 0 Å². The first-order chi connectivity index (χ1) is 22.3. The summed E-state index contributed by atoms with van der Waals surface area (Å²) >= 11 is 0. The molecule has 0 fully saturated rings. The van der Waals surface area contributed by atoms with Gasteiger partial charge in [-0.05, 0) is 69.3 Å². The van der Waals surface area contributed by atoms with Crippen LogP contribution >= 0.6 is 0 Å². The van der Waals surface area contributed by atoms with Crippen molar-refractivity contribution in [3.8, 4) is 22.3 Å². The molecule has 1 heterocycles. The molecular weight excluding hydrogens is 546 g/mol. The van der Waals surface area contributed by atoms with Crippen molar-refractivity contribution in [1.82, 2.24) is 0 Å². The topological polar surface area (TPSA) is 25.2 Å². The maximum absolute atomic E-state index is 6.43. The lowest BCUT2D eigenvalue weighted by molar-refractivity contribution is 0.670. The first-order valence-corrected chi connectivity index (χ1v) is 15.4. The maximum Gasteiger partial charge on any atom is 0.143 e. The third-order valence-corrected chi connectivity index (χ3v) is 9.31. The SMILES string of the molecule is c1ccc(-c2cc(Nc3cccc(C4(c5ccccc5)c5ccccc5-c5ccccc54)c3)cc3c2oc2ccccc23)cc1. The highest BCUT2D eigenvalue weighted by Crippen LogP contribution is 2.56. The zero-order chi connectivity index (χ0) is 29.8. The summed E-state index contributed by atoms with van der Waals surface area (Å²) in [5.74, 6) is 0. The van der Waals surface area contributed by atoms with E-state index >= 15 is 0 Å². The Morgan fingerprint density at radius 2 is 1.04 bits per heavy atom. The molecule has 8 aromatic rings. The highest BCUT2D eigenvalue weighted by Gasteiger charge is 2.45. The van der Waals surface area contributed by atoms with E-state index in [4.69, 9.17) is 4.42 Å². The number of nitrogens with one attached hydrogen (secondary N) is 1. The Bertz CT molecular complexity index is 2300. The average molecular weight is 576 g/mol. The van der Waals surface area contributed by atoms with Gasteiger partial charge in [-0.3, -0.25) is 0 Å². The first kappa shape index (κ1) is 25.6. The standard InChI is InChI=1S/C43H29NO/c1-3-14-29(15-4-1)37-27-33(28-38-36-22-9-12-25-41(36)45-42(37)38)44-32-19-13-18-31(26-32)43(30-16-5-2-6-17-30)39-23-10-7-20-34(39)35-21-8-11-24-40(35)43/h1-28,44H. The molecule has 0 aliphatic heterocycles. The monoisotopic (exact) mass is 575 g/mol. The summed E-state index contributed by atoms with van der Waals surface area (Å²) in [7, 11) is 0. The lowest BCUT2D eigenvalue weighted by atomic mass is 9.67. The van der Waals surface area contributed by atoms with E-state index in [0.29, 0.717) is 0 Å². The van der Waals surface area contributed by atoms with Crippen molar-refractivity contribution in [1.29, 1.82) is 0 Å². The number of hydrogen-bond donors (Lipinski definition) is 1. The van der Waals surface area contributed by atoms with Crippen LogP contribution < -0.4 is 5.32 Å². The summed E-state index contributed by atoms with van der Waals surface area (Å²) in [6.45, 7) is 0. The Balaban J connectivity index is 1.24. The molecule has 9 rings (SSSR count). The summed E-state index contributed by atoms with van der Waals surface area (Å²) in [6.07, 6.45) is 0. The van der Waals surface area contributed by atoms with E-state index in [0.717, 1.165) is 44.4 Å². The van der Waals surface area contributed by atoms with Gasteiger partial charge in [-0.1, -0.05) is 140 Å². The molecule has 2 heteroatoms. The van der Waals surface area contributed by atoms with Crippen molar-refractivity contribution in [3.63, 3.8) is 0 Å². The van der Waals surface area contributed by atoms with Crippen LogP contribution in [0.3, 0.4) is 0 Å². The van der Waals surface area contributed by atoms with E-state index in [1.54, 1.807) is 0 Å². The van der Waals surface area contributed by atoms with E-state index < -0.39 is 5.41 Å². The molecule has 0 radical (unpaired) electrons. The molecule has 0 bridgehead atoms. The van der Waals surface area contributed by atoms with Gasteiger partial charge in [0.2, 0.25) is 0 Å². The van der Waals surface area contributed by atoms with Crippen LogP contribution in [-0.4, -0.2) is 0 Å². The molecular formula is C43H29NO. The van der Waals surface area contributed by atoms with Crippen molar-refractivity contribution in [2.75, 3.05) is 5.32 Å². The molecule has 0 unspecified atom stereocenters. The van der Waals surface area contributed by atoms with Gasteiger partial charge in [-0.2, -0.15) is 0 Å². The van der Waals surface area contributed by atoms with Crippen LogP contribution in [0.2, 0.25) is 0 Å². The molecule has 1 N–H and O–H groups in total. The number of para-hydroxylation sites is 1. The quantitative estimate of drug-likeness (QED) is 0.221. The molecule has 212 valence electrons. The Kier molecular flexibility index (Phi) is 5.76. The Labute approximate surface area is 262 Å². The van der Waals surface area contributed by atoms with Crippen LogP contribution in [-0.2, 0) is 5.41 Å². The number of anilines is 2. The average Bonchev–Trinajstić information content (AvgIpc) is 3.63. The fraction of sp³-hybridized carbons (Fsp3) is 0.0233. The molecule has 1 aliphatic carbocycles. The van der Waals surface area contributed by atoms with E-state index in [9.17, 15) is 0 Å². The van der Waals surface area contributed by atoms with Gasteiger partial charge in [0.05, 0.1) is 5.41 Å². The minimum atomic E-state index is -0.438. The van der Waals surface area contributed by atoms with Gasteiger partial charge in [0.25, 0.3) is 0 Å². The van der Waals surface area contributed by atoms with Crippen molar-refractivity contribution in [2.45, 2.75) is 5.41 Å². The van der Waals surface area contributed by atoms with Gasteiger partial charge in [-0.25, -0.2) is 0 Å². The normalized spacial score (nSPS) is 13.1. The van der Waals surface area contributed by atoms with Crippen LogP contribution in [0.25, 0.3) is 44.2 Å². The minimum Gasteiger partial charge on any atom is -0.455 e. The number of hydrogen-bond acceptors (Lipinski definition) is 2. The number of benzene rings is 7. The molecule has 7 aromatic carbocycles. The third-order valence-electron chi connectivity index (χ3n) is 9.31. The molecule has 1 aromatic heterocycles. The minimum absolute atomic E-state index is 0.438. The van der Waals surface area contributed by atoms with Gasteiger partial charge >= 0.3 is 0 Å². The third kappa shape index (κ3) is 3.89. The zero-order valence-electron chi connectivity index (χ0n) is 24.6. The predicted molar refractivity (Wildman–Crippen MR) is 186 cm³/mol. The second-order valence-corrected chi connectivity index (χ2v) is 11.8. The van der Waals surface area contributed by atoms with Crippen molar-refractivity contribution in [2.24, 2.45) is 0 Å². The van der Waals surface area contributed by atoms with E-state index in [-0.39, 0.29) is 0 Å². The van der Waals surface area contributed by atoms with Gasteiger partial charge in [0.1, 0.15) is 11.2 Å². The summed E-state index contributed by atoms with van der Waals surface area (Å²) in [5.41, 5.74) is 13.3. The molecule has 1 aliphatic rings. The molecule has 0 atom stereocenters. The summed E-state index contributed by atoms with van der Waals surface area (Å²) in [5, 5.41) is 6.02. The van der Waals surface area contributed by atoms with Gasteiger partial charge < -0.3 is 9.73 Å². The van der Waals surface area contributed by atoms with Gasteiger partial charge in [-0.15, -0.1) is 0 Å². The molecule has 0 saturated heterocycles. The highest BCUT2D eigenvalue weighted by atomic mass is 16.3. The summed E-state index contributed by atoms with van der Waals surface area (Å²) in [6, 6.07) is 60.8. The Morgan fingerprint density at radius 3 is 1.80 bits per heavy atom. The fourth-order valence-corrected chi connectivity index (χ4v) is 7.44. The van der Waals surface area contributed by atoms with Crippen molar-refractivity contribution in [3.05, 3.63) is 192 Å². The van der Waals surface area contributed by atoms with E-state index in [1.807, 2.05) is 12.1 Å².